The molecule has 0 bridgehead atoms. The van der Waals surface area contributed by atoms with Crippen LogP contribution in [-0.4, -0.2) is 13.1 Å². The van der Waals surface area contributed by atoms with Crippen LogP contribution >= 0.6 is 0 Å². The van der Waals surface area contributed by atoms with E-state index < -0.39 is 0 Å². The Morgan fingerprint density at radius 2 is 2.19 bits per heavy atom. The standard InChI is InChI=1S/C14H20N2/c1-14(2)9-16-12-6-3-5-10(13(12)14)11-7-4-8-15-11/h3,5-6,11,15-16H,4,7-9H2,1-2H3. The van der Waals surface area contributed by atoms with Crippen LogP contribution in [-0.2, 0) is 5.41 Å². The van der Waals surface area contributed by atoms with Crippen molar-refractivity contribution in [2.24, 2.45) is 0 Å². The Morgan fingerprint density at radius 3 is 2.94 bits per heavy atom. The molecule has 0 saturated carbocycles. The largest absolute Gasteiger partial charge is 0.384 e. The van der Waals surface area contributed by atoms with Gasteiger partial charge < -0.3 is 10.6 Å². The third-order valence-electron chi connectivity index (χ3n) is 3.93. The zero-order chi connectivity index (χ0) is 11.2. The first-order chi connectivity index (χ1) is 7.68. The molecule has 0 spiro atoms. The molecule has 16 heavy (non-hydrogen) atoms. The lowest BCUT2D eigenvalue weighted by Gasteiger charge is -2.24. The molecular formula is C14H20N2. The van der Waals surface area contributed by atoms with Crippen LogP contribution in [0.3, 0.4) is 0 Å². The Morgan fingerprint density at radius 1 is 1.31 bits per heavy atom. The van der Waals surface area contributed by atoms with E-state index in [1.807, 2.05) is 0 Å². The molecule has 0 radical (unpaired) electrons. The average molecular weight is 216 g/mol. The van der Waals surface area contributed by atoms with E-state index in [0.717, 1.165) is 6.54 Å². The second-order valence-electron chi connectivity index (χ2n) is 5.66. The Balaban J connectivity index is 2.09. The van der Waals surface area contributed by atoms with E-state index in [-0.39, 0.29) is 5.41 Å². The van der Waals surface area contributed by atoms with Crippen LogP contribution in [0.2, 0.25) is 0 Å². The molecule has 2 aliphatic heterocycles. The number of fused-ring (bicyclic) bond motifs is 1. The van der Waals surface area contributed by atoms with Gasteiger partial charge in [0.2, 0.25) is 0 Å². The molecule has 1 atom stereocenters. The molecule has 3 rings (SSSR count). The van der Waals surface area contributed by atoms with E-state index in [9.17, 15) is 0 Å². The van der Waals surface area contributed by atoms with Gasteiger partial charge in [-0.3, -0.25) is 0 Å². The van der Waals surface area contributed by atoms with Crippen molar-refractivity contribution in [1.82, 2.24) is 5.32 Å². The summed E-state index contributed by atoms with van der Waals surface area (Å²) in [6.45, 7) is 6.91. The second-order valence-corrected chi connectivity index (χ2v) is 5.66. The van der Waals surface area contributed by atoms with E-state index in [1.54, 1.807) is 0 Å². The number of rotatable bonds is 1. The fourth-order valence-corrected chi connectivity index (χ4v) is 3.12. The van der Waals surface area contributed by atoms with Gasteiger partial charge in [0, 0.05) is 23.7 Å². The summed E-state index contributed by atoms with van der Waals surface area (Å²) in [6, 6.07) is 7.27. The van der Waals surface area contributed by atoms with Crippen LogP contribution in [0.15, 0.2) is 18.2 Å². The third-order valence-corrected chi connectivity index (χ3v) is 3.93. The summed E-state index contributed by atoms with van der Waals surface area (Å²) in [7, 11) is 0. The quantitative estimate of drug-likeness (QED) is 0.754. The SMILES string of the molecule is CC1(C)CNc2cccc(C3CCCN3)c21. The molecule has 0 aliphatic carbocycles. The maximum atomic E-state index is 3.61. The van der Waals surface area contributed by atoms with E-state index >= 15 is 0 Å². The Kier molecular flexibility index (Phi) is 2.21. The summed E-state index contributed by atoms with van der Waals surface area (Å²) in [5.74, 6) is 0. The molecule has 2 heteroatoms. The lowest BCUT2D eigenvalue weighted by molar-refractivity contribution is 0.558. The van der Waals surface area contributed by atoms with Gasteiger partial charge in [-0.25, -0.2) is 0 Å². The molecule has 1 aromatic carbocycles. The number of nitrogens with one attached hydrogen (secondary N) is 2. The van der Waals surface area contributed by atoms with Gasteiger partial charge in [-0.1, -0.05) is 26.0 Å². The zero-order valence-corrected chi connectivity index (χ0v) is 10.1. The minimum Gasteiger partial charge on any atom is -0.384 e. The van der Waals surface area contributed by atoms with Crippen molar-refractivity contribution in [2.45, 2.75) is 38.1 Å². The van der Waals surface area contributed by atoms with Crippen molar-refractivity contribution in [1.29, 1.82) is 0 Å². The Hall–Kier alpha value is -1.02. The Bertz CT molecular complexity index is 403. The van der Waals surface area contributed by atoms with Crippen molar-refractivity contribution in [3.63, 3.8) is 0 Å². The maximum absolute atomic E-state index is 3.61. The highest BCUT2D eigenvalue weighted by molar-refractivity contribution is 5.63. The smallest absolute Gasteiger partial charge is 0.0382 e. The van der Waals surface area contributed by atoms with E-state index in [0.29, 0.717) is 6.04 Å². The lowest BCUT2D eigenvalue weighted by Crippen LogP contribution is -2.23. The van der Waals surface area contributed by atoms with Crippen molar-refractivity contribution in [3.05, 3.63) is 29.3 Å². The zero-order valence-electron chi connectivity index (χ0n) is 10.1. The molecule has 2 N–H and O–H groups in total. The number of anilines is 1. The molecule has 0 aromatic heterocycles. The van der Waals surface area contributed by atoms with Crippen LogP contribution in [0, 0.1) is 0 Å². The predicted octanol–water partition coefficient (Wildman–Crippen LogP) is 2.81. The summed E-state index contributed by atoms with van der Waals surface area (Å²) in [4.78, 5) is 0. The summed E-state index contributed by atoms with van der Waals surface area (Å²) >= 11 is 0. The minimum absolute atomic E-state index is 0.274. The van der Waals surface area contributed by atoms with Crippen molar-refractivity contribution < 1.29 is 0 Å². The van der Waals surface area contributed by atoms with E-state index in [4.69, 9.17) is 0 Å². The van der Waals surface area contributed by atoms with Crippen molar-refractivity contribution in [2.75, 3.05) is 18.4 Å². The average Bonchev–Trinajstić information content (AvgIpc) is 2.87. The van der Waals surface area contributed by atoms with Gasteiger partial charge in [-0.05, 0) is 36.6 Å². The van der Waals surface area contributed by atoms with Crippen LogP contribution in [0.4, 0.5) is 5.69 Å². The first-order valence-electron chi connectivity index (χ1n) is 6.29. The van der Waals surface area contributed by atoms with Gasteiger partial charge in [0.25, 0.3) is 0 Å². The highest BCUT2D eigenvalue weighted by Crippen LogP contribution is 2.42. The van der Waals surface area contributed by atoms with E-state index in [2.05, 4.69) is 42.7 Å². The van der Waals surface area contributed by atoms with Crippen LogP contribution < -0.4 is 10.6 Å². The number of hydrogen-bond acceptors (Lipinski definition) is 2. The fraction of sp³-hybridized carbons (Fsp3) is 0.571. The van der Waals surface area contributed by atoms with Gasteiger partial charge >= 0.3 is 0 Å². The summed E-state index contributed by atoms with van der Waals surface area (Å²) in [6.07, 6.45) is 2.59. The van der Waals surface area contributed by atoms with Crippen molar-refractivity contribution >= 4 is 5.69 Å². The summed E-state index contributed by atoms with van der Waals surface area (Å²) in [5, 5.41) is 7.14. The molecule has 1 fully saturated rings. The predicted molar refractivity (Wildman–Crippen MR) is 67.9 cm³/mol. The molecule has 2 nitrogen and oxygen atoms in total. The highest BCUT2D eigenvalue weighted by atomic mass is 15.0. The third kappa shape index (κ3) is 1.44. The number of benzene rings is 1. The van der Waals surface area contributed by atoms with Gasteiger partial charge in [0.1, 0.15) is 0 Å². The monoisotopic (exact) mass is 216 g/mol. The first-order valence-corrected chi connectivity index (χ1v) is 6.29. The van der Waals surface area contributed by atoms with E-state index in [1.165, 1.54) is 36.2 Å². The molecule has 1 unspecified atom stereocenters. The minimum atomic E-state index is 0.274. The van der Waals surface area contributed by atoms with Gasteiger partial charge in [0.05, 0.1) is 0 Å². The molecule has 2 heterocycles. The second kappa shape index (κ2) is 3.49. The van der Waals surface area contributed by atoms with Crippen LogP contribution in [0.25, 0.3) is 0 Å². The van der Waals surface area contributed by atoms with Gasteiger partial charge in [0.15, 0.2) is 0 Å². The van der Waals surface area contributed by atoms with Gasteiger partial charge in [-0.2, -0.15) is 0 Å². The summed E-state index contributed by atoms with van der Waals surface area (Å²) < 4.78 is 0. The molecule has 1 aromatic rings. The normalized spacial score (nSPS) is 26.5. The molecule has 1 saturated heterocycles. The Labute approximate surface area is 97.4 Å². The highest BCUT2D eigenvalue weighted by Gasteiger charge is 2.34. The lowest BCUT2D eigenvalue weighted by atomic mass is 9.81. The molecule has 2 aliphatic rings. The summed E-state index contributed by atoms with van der Waals surface area (Å²) in [5.41, 5.74) is 4.67. The maximum Gasteiger partial charge on any atom is 0.0382 e. The first kappa shape index (κ1) is 10.2. The van der Waals surface area contributed by atoms with Gasteiger partial charge in [-0.15, -0.1) is 0 Å². The molecule has 86 valence electrons. The molecular weight excluding hydrogens is 196 g/mol. The number of hydrogen-bond donors (Lipinski definition) is 2. The fourth-order valence-electron chi connectivity index (χ4n) is 3.12. The van der Waals surface area contributed by atoms with Crippen molar-refractivity contribution in [3.8, 4) is 0 Å². The topological polar surface area (TPSA) is 24.1 Å². The van der Waals surface area contributed by atoms with Crippen LogP contribution in [0.1, 0.15) is 43.9 Å². The molecule has 0 amide bonds. The van der Waals surface area contributed by atoms with Crippen LogP contribution in [0.5, 0.6) is 0 Å².